The summed E-state index contributed by atoms with van der Waals surface area (Å²) in [7, 11) is 0. The second-order valence-electron chi connectivity index (χ2n) is 4.73. The Hall–Kier alpha value is -2.10. The molecule has 5 nitrogen and oxygen atoms in total. The fraction of sp³-hybridized carbons (Fsp3) is 0.357. The fourth-order valence-corrected chi connectivity index (χ4v) is 2.80. The van der Waals surface area contributed by atoms with Crippen LogP contribution in [-0.2, 0) is 6.18 Å². The van der Waals surface area contributed by atoms with Gasteiger partial charge in [0.2, 0.25) is 5.89 Å². The second kappa shape index (κ2) is 7.20. The van der Waals surface area contributed by atoms with Gasteiger partial charge in [-0.15, -0.1) is 16.9 Å². The first-order chi connectivity index (χ1) is 11.2. The predicted octanol–water partition coefficient (Wildman–Crippen LogP) is 4.29. The summed E-state index contributed by atoms with van der Waals surface area (Å²) < 4.78 is 58.5. The van der Waals surface area contributed by atoms with Crippen molar-refractivity contribution < 1.29 is 26.8 Å². The second-order valence-corrected chi connectivity index (χ2v) is 5.84. The third-order valence-electron chi connectivity index (χ3n) is 2.84. The van der Waals surface area contributed by atoms with E-state index in [0.717, 1.165) is 6.07 Å². The predicted molar refractivity (Wildman–Crippen MR) is 79.4 cm³/mol. The van der Waals surface area contributed by atoms with E-state index in [1.807, 2.05) is 0 Å². The van der Waals surface area contributed by atoms with Gasteiger partial charge in [-0.2, -0.15) is 13.2 Å². The van der Waals surface area contributed by atoms with Gasteiger partial charge in [0.15, 0.2) is 0 Å². The Balaban J connectivity index is 2.38. The Kier molecular flexibility index (Phi) is 5.47. The van der Waals surface area contributed by atoms with E-state index < -0.39 is 33.9 Å². The molecule has 0 aliphatic heterocycles. The first-order valence-corrected chi connectivity index (χ1v) is 7.86. The van der Waals surface area contributed by atoms with E-state index >= 15 is 0 Å². The monoisotopic (exact) mass is 363 g/mol. The molecule has 0 bridgehead atoms. The summed E-state index contributed by atoms with van der Waals surface area (Å²) in [5.74, 6) is -1.73. The van der Waals surface area contributed by atoms with E-state index in [0.29, 0.717) is 24.2 Å². The lowest BCUT2D eigenvalue weighted by atomic mass is 10.1. The Bertz CT molecular complexity index is 746. The van der Waals surface area contributed by atoms with Gasteiger partial charge in [0.05, 0.1) is 16.0 Å². The molecule has 130 valence electrons. The normalized spacial score (nSPS) is 11.6. The van der Waals surface area contributed by atoms with Crippen molar-refractivity contribution in [3.8, 4) is 0 Å². The van der Waals surface area contributed by atoms with Crippen LogP contribution in [0, 0.1) is 12.7 Å². The molecule has 1 N–H and O–H groups in total. The number of rotatable bonds is 5. The van der Waals surface area contributed by atoms with Crippen molar-refractivity contribution in [1.29, 1.82) is 0 Å². The maximum absolute atomic E-state index is 14.5. The molecule has 0 aliphatic rings. The molecule has 2 aromatic rings. The topological polar surface area (TPSA) is 68.0 Å². The number of halogens is 4. The molecule has 0 atom stereocenters. The van der Waals surface area contributed by atoms with Crippen LogP contribution in [0.15, 0.2) is 21.4 Å². The Labute approximate surface area is 138 Å². The molecule has 0 aliphatic carbocycles. The lowest BCUT2D eigenvalue weighted by Gasteiger charge is -2.15. The number of carbonyl (C=O) groups is 1. The van der Waals surface area contributed by atoms with Crippen LogP contribution in [0.4, 0.5) is 23.6 Å². The molecular formula is C14H13F4N3O2S. The summed E-state index contributed by atoms with van der Waals surface area (Å²) in [5, 5.41) is 9.15. The molecule has 0 saturated carbocycles. The molecule has 1 aromatic carbocycles. The van der Waals surface area contributed by atoms with Gasteiger partial charge >= 0.3 is 12.2 Å². The van der Waals surface area contributed by atoms with Gasteiger partial charge in [-0.25, -0.2) is 4.39 Å². The van der Waals surface area contributed by atoms with Gasteiger partial charge in [-0.1, -0.05) is 12.0 Å². The average Bonchev–Trinajstić information content (AvgIpc) is 2.89. The molecule has 0 saturated heterocycles. The number of alkyl halides is 3. The summed E-state index contributed by atoms with van der Waals surface area (Å²) in [6.45, 7) is 3.24. The lowest BCUT2D eigenvalue weighted by molar-refractivity contribution is -0.140. The van der Waals surface area contributed by atoms with E-state index in [1.165, 1.54) is 6.92 Å². The van der Waals surface area contributed by atoms with Crippen LogP contribution in [-0.4, -0.2) is 21.9 Å². The first kappa shape index (κ1) is 18.2. The molecule has 2 rings (SSSR count). The zero-order chi connectivity index (χ0) is 17.9. The number of carbonyl (C=O) groups excluding carboxylic acids is 1. The van der Waals surface area contributed by atoms with Gasteiger partial charge in [0.25, 0.3) is 5.91 Å². The van der Waals surface area contributed by atoms with E-state index in [-0.39, 0.29) is 17.7 Å². The number of thioether (sulfide) groups is 1. The number of anilines is 1. The minimum Gasteiger partial charge on any atom is -0.408 e. The molecule has 1 heterocycles. The summed E-state index contributed by atoms with van der Waals surface area (Å²) in [4.78, 5) is 11.5. The molecule has 10 heteroatoms. The molecule has 0 spiro atoms. The van der Waals surface area contributed by atoms with Crippen LogP contribution < -0.4 is 5.32 Å². The molecule has 0 radical (unpaired) electrons. The van der Waals surface area contributed by atoms with Crippen molar-refractivity contribution >= 4 is 23.7 Å². The van der Waals surface area contributed by atoms with Crippen LogP contribution in [0.2, 0.25) is 0 Å². The molecule has 0 fully saturated rings. The van der Waals surface area contributed by atoms with Crippen molar-refractivity contribution in [3.05, 3.63) is 35.0 Å². The number of benzene rings is 1. The first-order valence-electron chi connectivity index (χ1n) is 6.88. The third-order valence-corrected chi connectivity index (χ3v) is 4.14. The van der Waals surface area contributed by atoms with Crippen LogP contribution in [0.3, 0.4) is 0 Å². The van der Waals surface area contributed by atoms with E-state index in [9.17, 15) is 22.4 Å². The Morgan fingerprint density at radius 3 is 2.58 bits per heavy atom. The fourth-order valence-electron chi connectivity index (χ4n) is 1.81. The number of aryl methyl sites for hydroxylation is 1. The van der Waals surface area contributed by atoms with Gasteiger partial charge in [-0.05, 0) is 24.3 Å². The summed E-state index contributed by atoms with van der Waals surface area (Å²) in [6, 6.07) is 1.21. The zero-order valence-corrected chi connectivity index (χ0v) is 13.5. The number of amides is 1. The van der Waals surface area contributed by atoms with Gasteiger partial charge in [-0.3, -0.25) is 10.1 Å². The molecule has 1 amide bonds. The smallest absolute Gasteiger partial charge is 0.408 e. The van der Waals surface area contributed by atoms with Gasteiger partial charge < -0.3 is 4.42 Å². The maximum atomic E-state index is 14.5. The lowest BCUT2D eigenvalue weighted by Crippen LogP contribution is -2.17. The quantitative estimate of drug-likeness (QED) is 0.634. The van der Waals surface area contributed by atoms with Crippen molar-refractivity contribution in [1.82, 2.24) is 10.2 Å². The Morgan fingerprint density at radius 2 is 2.04 bits per heavy atom. The van der Waals surface area contributed by atoms with Crippen LogP contribution in [0.5, 0.6) is 0 Å². The molecular weight excluding hydrogens is 350 g/mol. The number of nitrogens with one attached hydrogen (secondary N) is 1. The minimum atomic E-state index is -4.71. The van der Waals surface area contributed by atoms with Gasteiger partial charge in [0.1, 0.15) is 5.82 Å². The SMILES string of the molecule is CCCSc1c(C(F)(F)F)ccc(C(=O)Nc2nnc(C)o2)c1F. The summed E-state index contributed by atoms with van der Waals surface area (Å²) in [6.07, 6.45) is -4.16. The largest absolute Gasteiger partial charge is 0.417 e. The third kappa shape index (κ3) is 4.05. The molecule has 0 unspecified atom stereocenters. The van der Waals surface area contributed by atoms with Crippen molar-refractivity contribution in [3.63, 3.8) is 0 Å². The van der Waals surface area contributed by atoms with Crippen LogP contribution in [0.25, 0.3) is 0 Å². The Morgan fingerprint density at radius 1 is 1.33 bits per heavy atom. The highest BCUT2D eigenvalue weighted by Crippen LogP contribution is 2.39. The average molecular weight is 363 g/mol. The van der Waals surface area contributed by atoms with E-state index in [1.54, 1.807) is 6.92 Å². The van der Waals surface area contributed by atoms with Crippen LogP contribution in [0.1, 0.15) is 35.2 Å². The zero-order valence-electron chi connectivity index (χ0n) is 12.7. The van der Waals surface area contributed by atoms with Crippen molar-refractivity contribution in [2.45, 2.75) is 31.3 Å². The summed E-state index contributed by atoms with van der Waals surface area (Å²) in [5.41, 5.74) is -1.64. The summed E-state index contributed by atoms with van der Waals surface area (Å²) >= 11 is 0.716. The number of hydrogen-bond acceptors (Lipinski definition) is 5. The van der Waals surface area contributed by atoms with Crippen molar-refractivity contribution in [2.24, 2.45) is 0 Å². The van der Waals surface area contributed by atoms with E-state index in [4.69, 9.17) is 4.42 Å². The maximum Gasteiger partial charge on any atom is 0.417 e. The highest BCUT2D eigenvalue weighted by molar-refractivity contribution is 7.99. The highest BCUT2D eigenvalue weighted by atomic mass is 32.2. The number of hydrogen-bond donors (Lipinski definition) is 1. The minimum absolute atomic E-state index is 0.178. The standard InChI is InChI=1S/C14H13F4N3O2S/c1-3-6-24-11-9(14(16,17)18)5-4-8(10(11)15)12(22)19-13-21-20-7(2)23-13/h4-5H,3,6H2,1-2H3,(H,19,21,22). The number of aromatic nitrogens is 2. The number of nitrogens with zero attached hydrogens (tertiary/aromatic N) is 2. The molecule has 24 heavy (non-hydrogen) atoms. The van der Waals surface area contributed by atoms with E-state index in [2.05, 4.69) is 15.5 Å². The highest BCUT2D eigenvalue weighted by Gasteiger charge is 2.36. The van der Waals surface area contributed by atoms with Crippen LogP contribution >= 0.6 is 11.8 Å². The van der Waals surface area contributed by atoms with Gasteiger partial charge in [0, 0.05) is 6.92 Å². The van der Waals surface area contributed by atoms with Crippen molar-refractivity contribution in [2.75, 3.05) is 11.1 Å². The molecule has 1 aromatic heterocycles.